The van der Waals surface area contributed by atoms with Crippen molar-refractivity contribution in [2.45, 2.75) is 65.2 Å². The van der Waals surface area contributed by atoms with Crippen molar-refractivity contribution in [1.82, 2.24) is 0 Å². The molecule has 0 atom stereocenters. The van der Waals surface area contributed by atoms with Gasteiger partial charge in [-0.25, -0.2) is 13.2 Å². The molecular formula is C16H23F3. The molecule has 0 saturated heterocycles. The van der Waals surface area contributed by atoms with Crippen LogP contribution >= 0.6 is 0 Å². The van der Waals surface area contributed by atoms with Gasteiger partial charge < -0.3 is 0 Å². The number of aryl methyl sites for hydroxylation is 1. The van der Waals surface area contributed by atoms with Crippen molar-refractivity contribution in [3.05, 3.63) is 34.6 Å². The summed E-state index contributed by atoms with van der Waals surface area (Å²) in [5, 5.41) is 0. The van der Waals surface area contributed by atoms with Crippen LogP contribution in [0.1, 0.15) is 63.5 Å². The van der Waals surface area contributed by atoms with E-state index in [0.717, 1.165) is 32.1 Å². The maximum atomic E-state index is 13.8. The third-order valence-electron chi connectivity index (χ3n) is 3.41. The van der Waals surface area contributed by atoms with Crippen molar-refractivity contribution >= 4 is 0 Å². The van der Waals surface area contributed by atoms with Crippen molar-refractivity contribution in [3.63, 3.8) is 0 Å². The number of benzene rings is 1. The van der Waals surface area contributed by atoms with Crippen molar-refractivity contribution in [2.24, 2.45) is 0 Å². The van der Waals surface area contributed by atoms with Gasteiger partial charge in [0, 0.05) is 5.56 Å². The van der Waals surface area contributed by atoms with Crippen LogP contribution in [0.4, 0.5) is 13.2 Å². The standard InChI is InChI=1S/C16H23F3/c1-3-5-7-9-12-11-14(17)13(10-8-6-4-2)16(19)15(12)18/h11H,3-10H2,1-2H3. The molecule has 1 aromatic rings. The van der Waals surface area contributed by atoms with Crippen LogP contribution in [0.15, 0.2) is 6.07 Å². The molecule has 0 aliphatic carbocycles. The monoisotopic (exact) mass is 272 g/mol. The number of halogens is 3. The van der Waals surface area contributed by atoms with Crippen LogP contribution in [0.25, 0.3) is 0 Å². The van der Waals surface area contributed by atoms with Crippen LogP contribution in [-0.4, -0.2) is 0 Å². The molecule has 1 rings (SSSR count). The minimum atomic E-state index is -0.984. The van der Waals surface area contributed by atoms with Gasteiger partial charge in [0.1, 0.15) is 5.82 Å². The van der Waals surface area contributed by atoms with E-state index in [0.29, 0.717) is 12.8 Å². The predicted molar refractivity (Wildman–Crippen MR) is 72.8 cm³/mol. The van der Waals surface area contributed by atoms with Gasteiger partial charge in [0.25, 0.3) is 0 Å². The van der Waals surface area contributed by atoms with Crippen LogP contribution in [0.5, 0.6) is 0 Å². The second kappa shape index (κ2) is 8.23. The zero-order valence-corrected chi connectivity index (χ0v) is 11.9. The topological polar surface area (TPSA) is 0 Å². The van der Waals surface area contributed by atoms with E-state index >= 15 is 0 Å². The zero-order valence-electron chi connectivity index (χ0n) is 11.9. The second-order valence-corrected chi connectivity index (χ2v) is 5.04. The quantitative estimate of drug-likeness (QED) is 0.428. The van der Waals surface area contributed by atoms with E-state index in [-0.39, 0.29) is 17.5 Å². The summed E-state index contributed by atoms with van der Waals surface area (Å²) in [4.78, 5) is 0. The average molecular weight is 272 g/mol. The van der Waals surface area contributed by atoms with Crippen molar-refractivity contribution in [2.75, 3.05) is 0 Å². The maximum absolute atomic E-state index is 13.8. The van der Waals surface area contributed by atoms with Crippen LogP contribution in [0.2, 0.25) is 0 Å². The summed E-state index contributed by atoms with van der Waals surface area (Å²) in [6, 6.07) is 1.18. The van der Waals surface area contributed by atoms with Gasteiger partial charge in [-0.05, 0) is 37.3 Å². The first-order valence-corrected chi connectivity index (χ1v) is 7.27. The van der Waals surface area contributed by atoms with Gasteiger partial charge in [-0.2, -0.15) is 0 Å². The van der Waals surface area contributed by atoms with E-state index < -0.39 is 17.5 Å². The highest BCUT2D eigenvalue weighted by molar-refractivity contribution is 5.28. The molecule has 0 spiro atoms. The summed E-state index contributed by atoms with van der Waals surface area (Å²) in [5.41, 5.74) is 0.0767. The molecule has 0 amide bonds. The lowest BCUT2D eigenvalue weighted by molar-refractivity contribution is 0.465. The summed E-state index contributed by atoms with van der Waals surface area (Å²) >= 11 is 0. The SMILES string of the molecule is CCCCCc1cc(F)c(CCCCC)c(F)c1F. The van der Waals surface area contributed by atoms with Gasteiger partial charge in [0.15, 0.2) is 11.6 Å². The highest BCUT2D eigenvalue weighted by Crippen LogP contribution is 2.23. The Kier molecular flexibility index (Phi) is 6.96. The molecule has 0 unspecified atom stereocenters. The number of rotatable bonds is 8. The Morgan fingerprint density at radius 2 is 1.37 bits per heavy atom. The van der Waals surface area contributed by atoms with E-state index in [4.69, 9.17) is 0 Å². The van der Waals surface area contributed by atoms with Crippen molar-refractivity contribution in [3.8, 4) is 0 Å². The minimum absolute atomic E-state index is 0.0924. The highest BCUT2D eigenvalue weighted by Gasteiger charge is 2.17. The summed E-state index contributed by atoms with van der Waals surface area (Å²) in [6.45, 7) is 4.05. The van der Waals surface area contributed by atoms with Crippen LogP contribution < -0.4 is 0 Å². The highest BCUT2D eigenvalue weighted by atomic mass is 19.2. The van der Waals surface area contributed by atoms with E-state index in [2.05, 4.69) is 0 Å². The van der Waals surface area contributed by atoms with Crippen LogP contribution in [-0.2, 0) is 12.8 Å². The summed E-state index contributed by atoms with van der Waals surface area (Å²) in [7, 11) is 0. The summed E-state index contributed by atoms with van der Waals surface area (Å²) in [5.74, 6) is -2.44. The molecule has 1 aromatic carbocycles. The second-order valence-electron chi connectivity index (χ2n) is 5.04. The van der Waals surface area contributed by atoms with Gasteiger partial charge in [0.2, 0.25) is 0 Å². The Hall–Kier alpha value is -0.990. The van der Waals surface area contributed by atoms with E-state index in [1.54, 1.807) is 0 Å². The van der Waals surface area contributed by atoms with E-state index in [9.17, 15) is 13.2 Å². The smallest absolute Gasteiger partial charge is 0.165 e. The largest absolute Gasteiger partial charge is 0.207 e. The third kappa shape index (κ3) is 4.55. The first-order chi connectivity index (χ1) is 9.11. The molecule has 0 aromatic heterocycles. The molecule has 19 heavy (non-hydrogen) atoms. The molecular weight excluding hydrogens is 249 g/mol. The molecule has 0 nitrogen and oxygen atoms in total. The van der Waals surface area contributed by atoms with Crippen molar-refractivity contribution in [1.29, 1.82) is 0 Å². The zero-order chi connectivity index (χ0) is 14.3. The Morgan fingerprint density at radius 1 is 0.789 bits per heavy atom. The van der Waals surface area contributed by atoms with Gasteiger partial charge in [0.05, 0.1) is 0 Å². The maximum Gasteiger partial charge on any atom is 0.165 e. The Balaban J connectivity index is 2.82. The number of hydrogen-bond acceptors (Lipinski definition) is 0. The van der Waals surface area contributed by atoms with E-state index in [1.165, 1.54) is 6.07 Å². The first-order valence-electron chi connectivity index (χ1n) is 7.27. The van der Waals surface area contributed by atoms with E-state index in [1.807, 2.05) is 13.8 Å². The molecule has 0 N–H and O–H groups in total. The molecule has 0 aliphatic heterocycles. The van der Waals surface area contributed by atoms with Gasteiger partial charge in [-0.1, -0.05) is 39.5 Å². The molecule has 0 fully saturated rings. The molecule has 3 heteroatoms. The lowest BCUT2D eigenvalue weighted by Gasteiger charge is -2.10. The number of hydrogen-bond donors (Lipinski definition) is 0. The van der Waals surface area contributed by atoms with Gasteiger partial charge in [-0.15, -0.1) is 0 Å². The molecule has 0 heterocycles. The fourth-order valence-corrected chi connectivity index (χ4v) is 2.21. The fourth-order valence-electron chi connectivity index (χ4n) is 2.21. The molecule has 0 bridgehead atoms. The van der Waals surface area contributed by atoms with Gasteiger partial charge >= 0.3 is 0 Å². The van der Waals surface area contributed by atoms with Crippen LogP contribution in [0, 0.1) is 17.5 Å². The minimum Gasteiger partial charge on any atom is -0.207 e. The fraction of sp³-hybridized carbons (Fsp3) is 0.625. The van der Waals surface area contributed by atoms with Crippen molar-refractivity contribution < 1.29 is 13.2 Å². The molecule has 0 radical (unpaired) electrons. The Labute approximate surface area is 114 Å². The summed E-state index contributed by atoms with van der Waals surface area (Å²) in [6.07, 6.45) is 5.96. The average Bonchev–Trinajstić information content (AvgIpc) is 2.39. The number of unbranched alkanes of at least 4 members (excludes halogenated alkanes) is 4. The molecule has 0 saturated carbocycles. The lowest BCUT2D eigenvalue weighted by Crippen LogP contribution is -2.04. The predicted octanol–water partition coefficient (Wildman–Crippen LogP) is 5.57. The molecule has 0 aliphatic rings. The Bertz CT molecular complexity index is 399. The summed E-state index contributed by atoms with van der Waals surface area (Å²) < 4.78 is 41.5. The Morgan fingerprint density at radius 3 is 1.95 bits per heavy atom. The van der Waals surface area contributed by atoms with Crippen LogP contribution in [0.3, 0.4) is 0 Å². The third-order valence-corrected chi connectivity index (χ3v) is 3.41. The molecule has 108 valence electrons. The lowest BCUT2D eigenvalue weighted by atomic mass is 10.00. The van der Waals surface area contributed by atoms with Gasteiger partial charge in [-0.3, -0.25) is 0 Å². The first kappa shape index (κ1) is 16.1. The normalized spacial score (nSPS) is 11.0.